The number of fused-ring (bicyclic) bond motifs is 3. The van der Waals surface area contributed by atoms with Gasteiger partial charge in [0.05, 0.1) is 35.7 Å². The summed E-state index contributed by atoms with van der Waals surface area (Å²) in [5.41, 5.74) is 10.2. The Kier molecular flexibility index (Phi) is 4.71. The number of halogens is 1. The quantitative estimate of drug-likeness (QED) is 0.438. The number of ether oxygens (including phenoxy) is 1. The molecule has 0 atom stereocenters. The van der Waals surface area contributed by atoms with E-state index >= 15 is 0 Å². The number of imidazole rings is 1. The van der Waals surface area contributed by atoms with E-state index in [1.807, 2.05) is 38.1 Å². The zero-order valence-electron chi connectivity index (χ0n) is 18.3. The molecule has 0 spiro atoms. The van der Waals surface area contributed by atoms with Gasteiger partial charge in [0.15, 0.2) is 5.82 Å². The van der Waals surface area contributed by atoms with Crippen LogP contribution in [0.15, 0.2) is 59.7 Å². The van der Waals surface area contributed by atoms with E-state index < -0.39 is 11.4 Å². The van der Waals surface area contributed by atoms with E-state index in [0.29, 0.717) is 39.0 Å². The summed E-state index contributed by atoms with van der Waals surface area (Å²) >= 11 is 0. The van der Waals surface area contributed by atoms with Crippen LogP contribution in [0.2, 0.25) is 0 Å². The number of H-pyrrole nitrogens is 1. The first-order valence-corrected chi connectivity index (χ1v) is 10.3. The number of methoxy groups -OCH3 is 1. The maximum Gasteiger partial charge on any atom is 0.331 e. The van der Waals surface area contributed by atoms with Crippen molar-refractivity contribution in [1.82, 2.24) is 24.5 Å². The summed E-state index contributed by atoms with van der Waals surface area (Å²) in [4.78, 5) is 28.8. The van der Waals surface area contributed by atoms with E-state index in [2.05, 4.69) is 15.0 Å². The van der Waals surface area contributed by atoms with E-state index in [0.717, 1.165) is 5.56 Å². The van der Waals surface area contributed by atoms with Gasteiger partial charge in [0.1, 0.15) is 11.0 Å². The second-order valence-corrected chi connectivity index (χ2v) is 8.33. The van der Waals surface area contributed by atoms with Crippen LogP contribution in [0, 0.1) is 5.82 Å². The van der Waals surface area contributed by atoms with Gasteiger partial charge in [0.2, 0.25) is 5.88 Å². The van der Waals surface area contributed by atoms with Gasteiger partial charge in [-0.15, -0.1) is 0 Å². The van der Waals surface area contributed by atoms with Gasteiger partial charge in [-0.1, -0.05) is 12.1 Å². The predicted molar refractivity (Wildman–Crippen MR) is 124 cm³/mol. The van der Waals surface area contributed by atoms with Crippen molar-refractivity contribution in [3.63, 3.8) is 0 Å². The average Bonchev–Trinajstić information content (AvgIpc) is 3.14. The molecule has 9 heteroatoms. The fraction of sp³-hybridized carbons (Fsp3) is 0.167. The van der Waals surface area contributed by atoms with Crippen LogP contribution in [0.1, 0.15) is 19.4 Å². The lowest BCUT2D eigenvalue weighted by Gasteiger charge is -2.19. The molecule has 0 aliphatic rings. The number of hydrogen-bond donors (Lipinski definition) is 2. The van der Waals surface area contributed by atoms with Gasteiger partial charge in [0.25, 0.3) is 0 Å². The van der Waals surface area contributed by atoms with E-state index in [1.165, 1.54) is 19.4 Å². The Bertz CT molecular complexity index is 1570. The molecule has 4 aromatic heterocycles. The van der Waals surface area contributed by atoms with Crippen molar-refractivity contribution in [3.05, 3.63) is 76.7 Å². The normalized spacial score (nSPS) is 11.9. The lowest BCUT2D eigenvalue weighted by molar-refractivity contribution is 0.369. The van der Waals surface area contributed by atoms with E-state index in [-0.39, 0.29) is 11.6 Å². The van der Waals surface area contributed by atoms with Crippen LogP contribution in [0.4, 0.5) is 4.39 Å². The molecule has 0 saturated heterocycles. The minimum atomic E-state index is -0.588. The highest BCUT2D eigenvalue weighted by Crippen LogP contribution is 2.28. The third-order valence-corrected chi connectivity index (χ3v) is 5.52. The molecule has 0 aliphatic heterocycles. The molecule has 3 N–H and O–H groups in total. The molecular weight excluding hydrogens is 423 g/mol. The minimum Gasteiger partial charge on any atom is -0.479 e. The standard InChI is InChI=1S/C24H21FN6O2/c1-24(2,26)14-4-6-15(7-5-14)31-21-19(30-23(31)32)12-27-18-9-8-17(29-20(18)21)13-10-16(25)22(33-3)28-11-13/h4-12H,26H2,1-3H3,(H,30,32). The van der Waals surface area contributed by atoms with Crippen molar-refractivity contribution in [2.75, 3.05) is 7.11 Å². The van der Waals surface area contributed by atoms with E-state index in [9.17, 15) is 9.18 Å². The summed E-state index contributed by atoms with van der Waals surface area (Å²) in [6, 6.07) is 12.3. The predicted octanol–water partition coefficient (Wildman–Crippen LogP) is 3.67. The lowest BCUT2D eigenvalue weighted by atomic mass is 9.95. The van der Waals surface area contributed by atoms with Crippen molar-refractivity contribution in [2.45, 2.75) is 19.4 Å². The van der Waals surface area contributed by atoms with Crippen LogP contribution >= 0.6 is 0 Å². The molecule has 0 saturated carbocycles. The monoisotopic (exact) mass is 444 g/mol. The third-order valence-electron chi connectivity index (χ3n) is 5.52. The molecule has 5 aromatic rings. The zero-order valence-corrected chi connectivity index (χ0v) is 18.3. The number of aromatic amines is 1. The fourth-order valence-electron chi connectivity index (χ4n) is 3.81. The molecule has 8 nitrogen and oxygen atoms in total. The van der Waals surface area contributed by atoms with Crippen molar-refractivity contribution in [1.29, 1.82) is 0 Å². The summed E-state index contributed by atoms with van der Waals surface area (Å²) < 4.78 is 20.7. The molecule has 166 valence electrons. The second-order valence-electron chi connectivity index (χ2n) is 8.33. The van der Waals surface area contributed by atoms with Crippen LogP contribution in [0.25, 0.3) is 39.0 Å². The summed E-state index contributed by atoms with van der Waals surface area (Å²) in [6.45, 7) is 3.84. The Morgan fingerprint density at radius 1 is 1.09 bits per heavy atom. The summed E-state index contributed by atoms with van der Waals surface area (Å²) in [6.07, 6.45) is 3.09. The summed E-state index contributed by atoms with van der Waals surface area (Å²) in [5, 5.41) is 0. The van der Waals surface area contributed by atoms with E-state index in [1.54, 1.807) is 22.9 Å². The molecule has 4 heterocycles. The zero-order chi connectivity index (χ0) is 23.3. The third kappa shape index (κ3) is 3.52. The van der Waals surface area contributed by atoms with Crippen molar-refractivity contribution in [2.24, 2.45) is 5.73 Å². The SMILES string of the molecule is COc1ncc(-c2ccc3ncc4[nH]c(=O)n(-c5ccc(C(C)(C)N)cc5)c4c3n2)cc1F. The average molecular weight is 444 g/mol. The molecule has 0 amide bonds. The topological polar surface area (TPSA) is 112 Å². The number of pyridine rings is 3. The van der Waals surface area contributed by atoms with Gasteiger partial charge in [-0.25, -0.2) is 19.2 Å². The Morgan fingerprint density at radius 3 is 2.52 bits per heavy atom. The maximum absolute atomic E-state index is 14.2. The highest BCUT2D eigenvalue weighted by Gasteiger charge is 2.18. The summed E-state index contributed by atoms with van der Waals surface area (Å²) in [5.74, 6) is -0.679. The molecule has 0 bridgehead atoms. The van der Waals surface area contributed by atoms with Crippen LogP contribution < -0.4 is 16.2 Å². The molecule has 0 fully saturated rings. The number of nitrogens with one attached hydrogen (secondary N) is 1. The highest BCUT2D eigenvalue weighted by atomic mass is 19.1. The maximum atomic E-state index is 14.2. The number of aromatic nitrogens is 5. The Hall–Kier alpha value is -4.11. The highest BCUT2D eigenvalue weighted by molar-refractivity contribution is 6.01. The van der Waals surface area contributed by atoms with Crippen molar-refractivity contribution < 1.29 is 9.13 Å². The van der Waals surface area contributed by atoms with Gasteiger partial charge >= 0.3 is 5.69 Å². The smallest absolute Gasteiger partial charge is 0.331 e. The number of rotatable bonds is 4. The fourth-order valence-corrected chi connectivity index (χ4v) is 3.81. The molecular formula is C24H21FN6O2. The first-order valence-electron chi connectivity index (χ1n) is 10.3. The molecule has 1 aromatic carbocycles. The molecule has 0 unspecified atom stereocenters. The Balaban J connectivity index is 1.73. The minimum absolute atomic E-state index is 0.0906. The molecule has 5 rings (SSSR count). The first kappa shape index (κ1) is 20.8. The van der Waals surface area contributed by atoms with Gasteiger partial charge < -0.3 is 15.5 Å². The molecule has 0 radical (unpaired) electrons. The number of nitrogens with two attached hydrogens (primary N) is 1. The first-order chi connectivity index (χ1) is 15.8. The van der Waals surface area contributed by atoms with Crippen molar-refractivity contribution in [3.8, 4) is 22.8 Å². The van der Waals surface area contributed by atoms with Crippen molar-refractivity contribution >= 4 is 22.1 Å². The number of nitrogens with zero attached hydrogens (tertiary/aromatic N) is 4. The molecule has 33 heavy (non-hydrogen) atoms. The van der Waals surface area contributed by atoms with Crippen LogP contribution in [-0.2, 0) is 5.54 Å². The van der Waals surface area contributed by atoms with E-state index in [4.69, 9.17) is 15.5 Å². The number of hydrogen-bond acceptors (Lipinski definition) is 6. The summed E-state index contributed by atoms with van der Waals surface area (Å²) in [7, 11) is 1.36. The Morgan fingerprint density at radius 2 is 1.85 bits per heavy atom. The van der Waals surface area contributed by atoms with Crippen LogP contribution in [-0.4, -0.2) is 31.6 Å². The Labute approximate surface area is 187 Å². The van der Waals surface area contributed by atoms with Gasteiger partial charge in [-0.3, -0.25) is 9.55 Å². The lowest BCUT2D eigenvalue weighted by Crippen LogP contribution is -2.28. The number of benzene rings is 1. The van der Waals surface area contributed by atoms with Crippen LogP contribution in [0.5, 0.6) is 5.88 Å². The van der Waals surface area contributed by atoms with Gasteiger partial charge in [-0.2, -0.15) is 0 Å². The van der Waals surface area contributed by atoms with Gasteiger partial charge in [0, 0.05) is 17.3 Å². The van der Waals surface area contributed by atoms with Crippen LogP contribution in [0.3, 0.4) is 0 Å². The van der Waals surface area contributed by atoms with Gasteiger partial charge in [-0.05, 0) is 49.7 Å². The largest absolute Gasteiger partial charge is 0.479 e. The second kappa shape index (κ2) is 7.49. The molecule has 0 aliphatic carbocycles.